The molecule has 1 unspecified atom stereocenters. The van der Waals surface area contributed by atoms with Crippen LogP contribution in [0.5, 0.6) is 0 Å². The molecule has 1 atom stereocenters. The van der Waals surface area contributed by atoms with Gasteiger partial charge in [-0.1, -0.05) is 6.92 Å². The van der Waals surface area contributed by atoms with Crippen LogP contribution in [0.25, 0.3) is 0 Å². The molecule has 1 saturated heterocycles. The lowest BCUT2D eigenvalue weighted by molar-refractivity contribution is -0.137. The Labute approximate surface area is 177 Å². The average Bonchev–Trinajstić information content (AvgIpc) is 2.67. The number of anilines is 3. The zero-order valence-corrected chi connectivity index (χ0v) is 17.7. The maximum atomic E-state index is 14.4. The molecule has 0 aliphatic carbocycles. The van der Waals surface area contributed by atoms with Crippen molar-refractivity contribution in [1.29, 1.82) is 0 Å². The number of alkyl halides is 3. The van der Waals surface area contributed by atoms with Crippen molar-refractivity contribution in [3.05, 3.63) is 29.8 Å². The summed E-state index contributed by atoms with van der Waals surface area (Å²) in [7, 11) is 0. The number of hydrogen-bond donors (Lipinski definition) is 2. The maximum Gasteiger partial charge on any atom is 0.421 e. The molecule has 6 nitrogen and oxygen atoms in total. The molecule has 164 valence electrons. The van der Waals surface area contributed by atoms with Crippen LogP contribution >= 0.6 is 11.9 Å². The van der Waals surface area contributed by atoms with Gasteiger partial charge >= 0.3 is 6.18 Å². The molecule has 30 heavy (non-hydrogen) atoms. The SMILES string of the molecule is CC1CCCN(c2nc(Nc3ccc(SNC(C)C)nc3F)ncc2C(F)(F)F)C1. The number of nitrogens with zero attached hydrogens (tertiary/aromatic N) is 4. The lowest BCUT2D eigenvalue weighted by Crippen LogP contribution is -2.36. The van der Waals surface area contributed by atoms with Crippen LogP contribution in [0, 0.1) is 11.9 Å². The minimum Gasteiger partial charge on any atom is -0.356 e. The molecule has 2 aromatic rings. The third kappa shape index (κ3) is 5.72. The monoisotopic (exact) mass is 444 g/mol. The molecule has 11 heteroatoms. The van der Waals surface area contributed by atoms with Gasteiger partial charge in [0.2, 0.25) is 11.9 Å². The van der Waals surface area contributed by atoms with Gasteiger partial charge in [-0.3, -0.25) is 4.72 Å². The van der Waals surface area contributed by atoms with Crippen LogP contribution in [0.2, 0.25) is 0 Å². The van der Waals surface area contributed by atoms with E-state index >= 15 is 0 Å². The maximum absolute atomic E-state index is 14.4. The fraction of sp³-hybridized carbons (Fsp3) is 0.526. The number of nitrogens with one attached hydrogen (secondary N) is 2. The van der Waals surface area contributed by atoms with Crippen molar-refractivity contribution in [1.82, 2.24) is 19.7 Å². The van der Waals surface area contributed by atoms with Crippen molar-refractivity contribution in [3.8, 4) is 0 Å². The molecule has 0 bridgehead atoms. The molecule has 1 fully saturated rings. The van der Waals surface area contributed by atoms with Crippen molar-refractivity contribution >= 4 is 29.4 Å². The van der Waals surface area contributed by atoms with E-state index in [2.05, 4.69) is 25.0 Å². The molecule has 1 aliphatic rings. The van der Waals surface area contributed by atoms with E-state index in [-0.39, 0.29) is 29.4 Å². The predicted octanol–water partition coefficient (Wildman–Crippen LogP) is 5.01. The van der Waals surface area contributed by atoms with E-state index in [1.807, 2.05) is 20.8 Å². The highest BCUT2D eigenvalue weighted by Crippen LogP contribution is 2.37. The fourth-order valence-corrected chi connectivity index (χ4v) is 3.74. The van der Waals surface area contributed by atoms with Crippen LogP contribution in [-0.2, 0) is 6.18 Å². The third-order valence-corrected chi connectivity index (χ3v) is 5.53. The highest BCUT2D eigenvalue weighted by Gasteiger charge is 2.37. The Balaban J connectivity index is 1.85. The van der Waals surface area contributed by atoms with Gasteiger partial charge < -0.3 is 10.2 Å². The quantitative estimate of drug-likeness (QED) is 0.369. The van der Waals surface area contributed by atoms with E-state index in [4.69, 9.17) is 0 Å². The third-order valence-electron chi connectivity index (χ3n) is 4.50. The van der Waals surface area contributed by atoms with Crippen molar-refractivity contribution < 1.29 is 17.6 Å². The summed E-state index contributed by atoms with van der Waals surface area (Å²) in [4.78, 5) is 13.3. The van der Waals surface area contributed by atoms with Gasteiger partial charge in [0.15, 0.2) is 0 Å². The Hall–Kier alpha value is -2.14. The topological polar surface area (TPSA) is 66.0 Å². The number of halogens is 4. The number of hydrogen-bond acceptors (Lipinski definition) is 7. The summed E-state index contributed by atoms with van der Waals surface area (Å²) in [5.74, 6) is -0.828. The lowest BCUT2D eigenvalue weighted by Gasteiger charge is -2.33. The molecule has 0 radical (unpaired) electrons. The second-order valence-electron chi connectivity index (χ2n) is 7.61. The van der Waals surface area contributed by atoms with Crippen LogP contribution in [0.3, 0.4) is 0 Å². The predicted molar refractivity (Wildman–Crippen MR) is 109 cm³/mol. The first-order chi connectivity index (χ1) is 14.1. The van der Waals surface area contributed by atoms with Gasteiger partial charge in [0.25, 0.3) is 0 Å². The number of aromatic nitrogens is 3. The summed E-state index contributed by atoms with van der Waals surface area (Å²) in [6, 6.07) is 3.24. The first-order valence-corrected chi connectivity index (χ1v) is 10.5. The van der Waals surface area contributed by atoms with E-state index in [9.17, 15) is 17.6 Å². The van der Waals surface area contributed by atoms with Gasteiger partial charge in [-0.05, 0) is 56.7 Å². The largest absolute Gasteiger partial charge is 0.421 e. The summed E-state index contributed by atoms with van der Waals surface area (Å²) in [6.45, 7) is 6.84. The molecule has 3 heterocycles. The first-order valence-electron chi connectivity index (χ1n) is 9.68. The van der Waals surface area contributed by atoms with Gasteiger partial charge in [-0.2, -0.15) is 22.5 Å². The van der Waals surface area contributed by atoms with E-state index in [1.54, 1.807) is 11.0 Å². The number of pyridine rings is 1. The molecule has 3 rings (SSSR count). The van der Waals surface area contributed by atoms with Crippen molar-refractivity contribution in [2.24, 2.45) is 5.92 Å². The molecule has 2 N–H and O–H groups in total. The summed E-state index contributed by atoms with van der Waals surface area (Å²) in [5, 5.41) is 3.08. The van der Waals surface area contributed by atoms with Gasteiger partial charge in [0, 0.05) is 25.3 Å². The molecular weight excluding hydrogens is 420 g/mol. The second-order valence-corrected chi connectivity index (χ2v) is 8.47. The van der Waals surface area contributed by atoms with Crippen LogP contribution in [0.15, 0.2) is 23.4 Å². The van der Waals surface area contributed by atoms with Crippen molar-refractivity contribution in [2.45, 2.75) is 50.9 Å². The smallest absolute Gasteiger partial charge is 0.356 e. The normalized spacial score (nSPS) is 17.5. The molecule has 0 amide bonds. The minimum atomic E-state index is -4.58. The van der Waals surface area contributed by atoms with Crippen LogP contribution in [0.4, 0.5) is 35.0 Å². The molecular formula is C19H24F4N6S. The molecule has 0 spiro atoms. The first kappa shape index (κ1) is 22.5. The van der Waals surface area contributed by atoms with Gasteiger partial charge in [0.05, 0.1) is 5.69 Å². The summed E-state index contributed by atoms with van der Waals surface area (Å²) >= 11 is 1.19. The van der Waals surface area contributed by atoms with Crippen molar-refractivity contribution in [2.75, 3.05) is 23.3 Å². The van der Waals surface area contributed by atoms with Gasteiger partial charge in [0.1, 0.15) is 16.4 Å². The van der Waals surface area contributed by atoms with E-state index in [0.717, 1.165) is 19.0 Å². The Morgan fingerprint density at radius 1 is 1.23 bits per heavy atom. The average molecular weight is 445 g/mol. The highest BCUT2D eigenvalue weighted by atomic mass is 32.2. The molecule has 2 aromatic heterocycles. The lowest BCUT2D eigenvalue weighted by atomic mass is 10.00. The fourth-order valence-electron chi connectivity index (χ4n) is 3.12. The van der Waals surface area contributed by atoms with Crippen LogP contribution < -0.4 is 14.9 Å². The molecule has 0 saturated carbocycles. The van der Waals surface area contributed by atoms with Gasteiger partial charge in [-0.25, -0.2) is 9.97 Å². The minimum absolute atomic E-state index is 0.0124. The van der Waals surface area contributed by atoms with Crippen LogP contribution in [0.1, 0.15) is 39.2 Å². The van der Waals surface area contributed by atoms with Gasteiger partial charge in [-0.15, -0.1) is 0 Å². The summed E-state index contributed by atoms with van der Waals surface area (Å²) in [6.07, 6.45) is -2.09. The van der Waals surface area contributed by atoms with E-state index < -0.39 is 17.7 Å². The zero-order valence-electron chi connectivity index (χ0n) is 16.9. The van der Waals surface area contributed by atoms with Crippen LogP contribution in [-0.4, -0.2) is 34.1 Å². The standard InChI is InChI=1S/C19H24F4N6S/c1-11(2)28-30-15-7-6-14(16(20)26-15)25-18-24-9-13(19(21,22)23)17(27-18)29-8-4-5-12(3)10-29/h6-7,9,11-12,28H,4-5,8,10H2,1-3H3,(H,24,25,27). The molecule has 1 aliphatic heterocycles. The number of rotatable bonds is 6. The Morgan fingerprint density at radius 3 is 2.63 bits per heavy atom. The summed E-state index contributed by atoms with van der Waals surface area (Å²) < 4.78 is 57.9. The Bertz CT molecular complexity index is 877. The van der Waals surface area contributed by atoms with E-state index in [1.165, 1.54) is 18.0 Å². The van der Waals surface area contributed by atoms with Crippen molar-refractivity contribution in [3.63, 3.8) is 0 Å². The number of piperidine rings is 1. The second kappa shape index (κ2) is 9.34. The highest BCUT2D eigenvalue weighted by molar-refractivity contribution is 7.97. The Kier molecular flexibility index (Phi) is 7.02. The summed E-state index contributed by atoms with van der Waals surface area (Å²) in [5.41, 5.74) is -0.908. The Morgan fingerprint density at radius 2 is 2.00 bits per heavy atom. The van der Waals surface area contributed by atoms with E-state index in [0.29, 0.717) is 18.1 Å². The molecule has 0 aromatic carbocycles. The zero-order chi connectivity index (χ0) is 21.9.